The maximum Gasteiger partial charge on any atom is 0.143 e. The van der Waals surface area contributed by atoms with E-state index in [1.165, 1.54) is 103 Å². The van der Waals surface area contributed by atoms with Crippen LogP contribution in [0.5, 0.6) is 0 Å². The Labute approximate surface area is 327 Å². The second-order valence-corrected chi connectivity index (χ2v) is 15.4. The predicted octanol–water partition coefficient (Wildman–Crippen LogP) is 16.1. The van der Waals surface area contributed by atoms with Gasteiger partial charge in [-0.1, -0.05) is 176 Å². The maximum absolute atomic E-state index is 6.91. The van der Waals surface area contributed by atoms with Crippen molar-refractivity contribution in [3.05, 3.63) is 194 Å². The van der Waals surface area contributed by atoms with Gasteiger partial charge in [0.15, 0.2) is 0 Å². The molecule has 0 aliphatic heterocycles. The van der Waals surface area contributed by atoms with Gasteiger partial charge in [0.2, 0.25) is 0 Å². The molecule has 0 saturated heterocycles. The first-order valence-electron chi connectivity index (χ1n) is 19.8. The summed E-state index contributed by atoms with van der Waals surface area (Å²) >= 11 is 0. The first kappa shape index (κ1) is 30.8. The van der Waals surface area contributed by atoms with Crippen molar-refractivity contribution in [1.82, 2.24) is 0 Å². The molecular formula is C56H32O. The number of hydrogen-bond donors (Lipinski definition) is 0. The van der Waals surface area contributed by atoms with Gasteiger partial charge in [0.1, 0.15) is 11.2 Å². The quantitative estimate of drug-likeness (QED) is 0.128. The van der Waals surface area contributed by atoms with E-state index in [9.17, 15) is 0 Å². The fraction of sp³-hybridized carbons (Fsp3) is 0. The first-order valence-corrected chi connectivity index (χ1v) is 19.8. The number of furan rings is 1. The topological polar surface area (TPSA) is 13.1 Å². The van der Waals surface area contributed by atoms with Gasteiger partial charge in [-0.3, -0.25) is 0 Å². The lowest BCUT2D eigenvalue weighted by atomic mass is 9.82. The van der Waals surface area contributed by atoms with Gasteiger partial charge in [-0.2, -0.15) is 0 Å². The monoisotopic (exact) mass is 720 g/mol. The molecule has 13 rings (SSSR count). The highest BCUT2D eigenvalue weighted by Crippen LogP contribution is 2.49. The van der Waals surface area contributed by atoms with Crippen molar-refractivity contribution in [2.45, 2.75) is 0 Å². The average molecular weight is 721 g/mol. The molecule has 0 aliphatic rings. The van der Waals surface area contributed by atoms with Gasteiger partial charge in [0, 0.05) is 16.2 Å². The molecule has 57 heavy (non-hydrogen) atoms. The minimum absolute atomic E-state index is 0.904. The SMILES string of the molecule is c1ccc2c(-c3cc4c5ccccc5c5ccccc5c4c4ccccc34)c3ccccc3c(-c3ccc4c(c3)oc3c5ccccc5c5ccccc5c43)c2c1. The summed E-state index contributed by atoms with van der Waals surface area (Å²) in [5.41, 5.74) is 6.75. The second kappa shape index (κ2) is 11.5. The van der Waals surface area contributed by atoms with Crippen LogP contribution in [-0.4, -0.2) is 0 Å². The van der Waals surface area contributed by atoms with Gasteiger partial charge in [0.25, 0.3) is 0 Å². The van der Waals surface area contributed by atoms with Crippen molar-refractivity contribution in [2.24, 2.45) is 0 Å². The Balaban J connectivity index is 1.14. The van der Waals surface area contributed by atoms with Crippen LogP contribution in [0.3, 0.4) is 0 Å². The molecule has 0 aliphatic carbocycles. The third-order valence-corrected chi connectivity index (χ3v) is 12.6. The highest BCUT2D eigenvalue weighted by molar-refractivity contribution is 6.35. The fourth-order valence-electron chi connectivity index (χ4n) is 10.3. The summed E-state index contributed by atoms with van der Waals surface area (Å²) in [7, 11) is 0. The summed E-state index contributed by atoms with van der Waals surface area (Å²) in [6.07, 6.45) is 0. The lowest BCUT2D eigenvalue weighted by Gasteiger charge is -2.20. The third-order valence-electron chi connectivity index (χ3n) is 12.6. The molecule has 1 nitrogen and oxygen atoms in total. The van der Waals surface area contributed by atoms with E-state index >= 15 is 0 Å². The Morgan fingerprint density at radius 3 is 1.19 bits per heavy atom. The van der Waals surface area contributed by atoms with Crippen molar-refractivity contribution < 1.29 is 4.42 Å². The Morgan fingerprint density at radius 2 is 0.632 bits per heavy atom. The van der Waals surface area contributed by atoms with Gasteiger partial charge in [0.05, 0.1) is 0 Å². The van der Waals surface area contributed by atoms with Gasteiger partial charge < -0.3 is 4.42 Å². The van der Waals surface area contributed by atoms with E-state index in [0.29, 0.717) is 0 Å². The lowest BCUT2D eigenvalue weighted by Crippen LogP contribution is -1.93. The molecule has 0 amide bonds. The van der Waals surface area contributed by atoms with E-state index in [1.54, 1.807) is 0 Å². The normalized spacial score (nSPS) is 12.2. The van der Waals surface area contributed by atoms with Crippen LogP contribution in [0.2, 0.25) is 0 Å². The van der Waals surface area contributed by atoms with Crippen LogP contribution in [0.25, 0.3) is 130 Å². The lowest BCUT2D eigenvalue weighted by molar-refractivity contribution is 0.673. The molecule has 12 aromatic carbocycles. The molecule has 0 bridgehead atoms. The molecule has 0 unspecified atom stereocenters. The van der Waals surface area contributed by atoms with Gasteiger partial charge >= 0.3 is 0 Å². The van der Waals surface area contributed by atoms with Gasteiger partial charge in [-0.25, -0.2) is 0 Å². The van der Waals surface area contributed by atoms with Crippen molar-refractivity contribution in [3.8, 4) is 22.3 Å². The van der Waals surface area contributed by atoms with Crippen molar-refractivity contribution in [3.63, 3.8) is 0 Å². The first-order chi connectivity index (χ1) is 28.3. The Kier molecular flexibility index (Phi) is 6.23. The number of hydrogen-bond acceptors (Lipinski definition) is 1. The van der Waals surface area contributed by atoms with Gasteiger partial charge in [-0.05, 0) is 121 Å². The Hall–Kier alpha value is -7.48. The minimum atomic E-state index is 0.904. The molecule has 262 valence electrons. The summed E-state index contributed by atoms with van der Waals surface area (Å²) in [5, 5.41) is 22.4. The van der Waals surface area contributed by atoms with Crippen LogP contribution >= 0.6 is 0 Å². The van der Waals surface area contributed by atoms with E-state index < -0.39 is 0 Å². The van der Waals surface area contributed by atoms with Gasteiger partial charge in [-0.15, -0.1) is 0 Å². The molecule has 0 radical (unpaired) electrons. The zero-order chi connectivity index (χ0) is 37.2. The Morgan fingerprint density at radius 1 is 0.246 bits per heavy atom. The minimum Gasteiger partial charge on any atom is -0.455 e. The third kappa shape index (κ3) is 4.18. The zero-order valence-electron chi connectivity index (χ0n) is 30.9. The zero-order valence-corrected chi connectivity index (χ0v) is 30.9. The van der Waals surface area contributed by atoms with Crippen LogP contribution in [-0.2, 0) is 0 Å². The predicted molar refractivity (Wildman–Crippen MR) is 245 cm³/mol. The largest absolute Gasteiger partial charge is 0.455 e. The van der Waals surface area contributed by atoms with Crippen LogP contribution in [0.4, 0.5) is 0 Å². The van der Waals surface area contributed by atoms with Crippen LogP contribution in [0.1, 0.15) is 0 Å². The fourth-order valence-corrected chi connectivity index (χ4v) is 10.3. The van der Waals surface area contributed by atoms with Crippen molar-refractivity contribution in [2.75, 3.05) is 0 Å². The molecule has 0 N–H and O–H groups in total. The van der Waals surface area contributed by atoms with Crippen LogP contribution in [0.15, 0.2) is 199 Å². The molecule has 0 spiro atoms. The van der Waals surface area contributed by atoms with E-state index in [0.717, 1.165) is 27.5 Å². The number of fused-ring (bicyclic) bond motifs is 18. The molecule has 1 heterocycles. The van der Waals surface area contributed by atoms with Crippen molar-refractivity contribution >= 4 is 108 Å². The summed E-state index contributed by atoms with van der Waals surface area (Å²) in [5.74, 6) is 0. The molecular weight excluding hydrogens is 689 g/mol. The molecule has 13 aromatic rings. The second-order valence-electron chi connectivity index (χ2n) is 15.4. The number of benzene rings is 12. The highest BCUT2D eigenvalue weighted by atomic mass is 16.3. The smallest absolute Gasteiger partial charge is 0.143 e. The molecule has 1 aromatic heterocycles. The molecule has 0 saturated carbocycles. The maximum atomic E-state index is 6.91. The van der Waals surface area contributed by atoms with E-state index in [4.69, 9.17) is 4.42 Å². The van der Waals surface area contributed by atoms with Crippen LogP contribution < -0.4 is 0 Å². The standard InChI is InChI=1S/C56H32O/c1-2-19-38-34(15-1)35-16-3-7-21-40(35)53-41-22-8-5-20-39(41)50(32-49(38)53)54-45-26-12-10-24-43(45)52(44-25-11-13-27-46(44)54)33-29-30-48-51(31-33)57-56-47-28-14-6-18-37(47)36-17-4-9-23-42(36)55(48)56/h1-32H. The number of rotatable bonds is 2. The highest BCUT2D eigenvalue weighted by Gasteiger charge is 2.22. The average Bonchev–Trinajstić information content (AvgIpc) is 3.67. The summed E-state index contributed by atoms with van der Waals surface area (Å²) < 4.78 is 6.91. The summed E-state index contributed by atoms with van der Waals surface area (Å²) in [4.78, 5) is 0. The Bertz CT molecular complexity index is 3810. The van der Waals surface area contributed by atoms with E-state index in [1.807, 2.05) is 0 Å². The summed E-state index contributed by atoms with van der Waals surface area (Å²) in [6, 6.07) is 71.5. The van der Waals surface area contributed by atoms with Crippen molar-refractivity contribution in [1.29, 1.82) is 0 Å². The molecule has 0 fully saturated rings. The molecule has 1 heteroatoms. The molecule has 0 atom stereocenters. The van der Waals surface area contributed by atoms with E-state index in [-0.39, 0.29) is 0 Å². The van der Waals surface area contributed by atoms with Crippen LogP contribution in [0, 0.1) is 0 Å². The summed E-state index contributed by atoms with van der Waals surface area (Å²) in [6.45, 7) is 0. The van der Waals surface area contributed by atoms with E-state index in [2.05, 4.69) is 194 Å².